The van der Waals surface area contributed by atoms with Crippen LogP contribution in [0.1, 0.15) is 21.6 Å². The highest BCUT2D eigenvalue weighted by Gasteiger charge is 2.19. The second-order valence-electron chi connectivity index (χ2n) is 5.56. The predicted octanol–water partition coefficient (Wildman–Crippen LogP) is 4.41. The van der Waals surface area contributed by atoms with Crippen LogP contribution < -0.4 is 4.74 Å². The lowest BCUT2D eigenvalue weighted by molar-refractivity contribution is 0.104. The number of nitriles is 1. The summed E-state index contributed by atoms with van der Waals surface area (Å²) in [6.45, 7) is 1.79. The number of benzene rings is 2. The number of aryl methyl sites for hydroxylation is 1. The average Bonchev–Trinajstić information content (AvgIpc) is 2.95. The van der Waals surface area contributed by atoms with Gasteiger partial charge in [-0.05, 0) is 36.8 Å². The van der Waals surface area contributed by atoms with Crippen LogP contribution in [0.4, 0.5) is 4.39 Å². The first kappa shape index (κ1) is 16.5. The number of H-pyrrole nitrogens is 1. The Labute approximate surface area is 144 Å². The molecular formula is C20H15FN2O2. The van der Waals surface area contributed by atoms with E-state index in [1.807, 2.05) is 30.3 Å². The molecule has 0 radical (unpaired) electrons. The van der Waals surface area contributed by atoms with Crippen LogP contribution >= 0.6 is 0 Å². The second kappa shape index (κ2) is 6.62. The van der Waals surface area contributed by atoms with Crippen LogP contribution in [0, 0.1) is 24.1 Å². The smallest absolute Gasteiger partial charge is 0.205 e. The van der Waals surface area contributed by atoms with Crippen LogP contribution in [0.2, 0.25) is 0 Å². The van der Waals surface area contributed by atoms with E-state index in [9.17, 15) is 14.4 Å². The molecule has 1 aromatic heterocycles. The first-order valence-electron chi connectivity index (χ1n) is 7.62. The third kappa shape index (κ3) is 3.02. The molecule has 0 aliphatic heterocycles. The van der Waals surface area contributed by atoms with E-state index in [1.165, 1.54) is 25.3 Å². The molecule has 3 rings (SSSR count). The third-order valence-corrected chi connectivity index (χ3v) is 3.97. The highest BCUT2D eigenvalue weighted by molar-refractivity contribution is 6.20. The maximum atomic E-state index is 13.8. The zero-order chi connectivity index (χ0) is 18.0. The number of ether oxygens (including phenoxy) is 1. The van der Waals surface area contributed by atoms with E-state index in [0.717, 1.165) is 10.9 Å². The number of carbonyl (C=O) groups excluding carboxylic acids is 1. The van der Waals surface area contributed by atoms with Crippen LogP contribution in [-0.4, -0.2) is 17.9 Å². The maximum absolute atomic E-state index is 13.8. The van der Waals surface area contributed by atoms with E-state index in [4.69, 9.17) is 4.74 Å². The molecule has 2 aromatic carbocycles. The van der Waals surface area contributed by atoms with Crippen molar-refractivity contribution in [2.24, 2.45) is 0 Å². The van der Waals surface area contributed by atoms with Crippen LogP contribution in [0.3, 0.4) is 0 Å². The van der Waals surface area contributed by atoms with Crippen molar-refractivity contribution in [1.29, 1.82) is 5.26 Å². The van der Waals surface area contributed by atoms with E-state index < -0.39 is 11.6 Å². The van der Waals surface area contributed by atoms with Crippen molar-refractivity contribution in [2.75, 3.05) is 7.11 Å². The van der Waals surface area contributed by atoms with Crippen molar-refractivity contribution in [3.63, 3.8) is 0 Å². The van der Waals surface area contributed by atoms with E-state index >= 15 is 0 Å². The van der Waals surface area contributed by atoms with Gasteiger partial charge in [0.15, 0.2) is 11.6 Å². The number of carbonyl (C=O) groups is 1. The van der Waals surface area contributed by atoms with Crippen LogP contribution in [-0.2, 0) is 0 Å². The van der Waals surface area contributed by atoms with Gasteiger partial charge < -0.3 is 9.72 Å². The summed E-state index contributed by atoms with van der Waals surface area (Å²) in [6, 6.07) is 13.6. The van der Waals surface area contributed by atoms with Gasteiger partial charge in [-0.1, -0.05) is 24.3 Å². The van der Waals surface area contributed by atoms with E-state index in [0.29, 0.717) is 16.8 Å². The van der Waals surface area contributed by atoms with Gasteiger partial charge in [0, 0.05) is 16.6 Å². The standard InChI is InChI=1S/C20H15FN2O2/c1-12-19(15-5-3-4-6-17(15)23-12)20(24)14(11-22)9-13-7-8-18(25-2)16(21)10-13/h3-10,23H,1-2H3/b14-9+. The summed E-state index contributed by atoms with van der Waals surface area (Å²) >= 11 is 0. The van der Waals surface area contributed by atoms with Crippen molar-refractivity contribution in [2.45, 2.75) is 6.92 Å². The average molecular weight is 334 g/mol. The number of aromatic nitrogens is 1. The Morgan fingerprint density at radius 3 is 2.72 bits per heavy atom. The molecule has 0 saturated heterocycles. The Balaban J connectivity index is 2.06. The van der Waals surface area contributed by atoms with Crippen molar-refractivity contribution in [1.82, 2.24) is 4.98 Å². The van der Waals surface area contributed by atoms with Gasteiger partial charge in [0.1, 0.15) is 11.6 Å². The number of aromatic amines is 1. The van der Waals surface area contributed by atoms with Gasteiger partial charge in [-0.25, -0.2) is 4.39 Å². The molecule has 4 nitrogen and oxygen atoms in total. The van der Waals surface area contributed by atoms with Gasteiger partial charge in [0.25, 0.3) is 0 Å². The Morgan fingerprint density at radius 2 is 2.04 bits per heavy atom. The molecule has 1 N–H and O–H groups in total. The number of para-hydroxylation sites is 1. The van der Waals surface area contributed by atoms with Crippen molar-refractivity contribution in [3.05, 3.63) is 70.7 Å². The number of hydrogen-bond acceptors (Lipinski definition) is 3. The van der Waals surface area contributed by atoms with E-state index in [1.54, 1.807) is 13.0 Å². The number of rotatable bonds is 4. The Hall–Kier alpha value is -3.39. The molecule has 25 heavy (non-hydrogen) atoms. The molecule has 0 aliphatic rings. The van der Waals surface area contributed by atoms with Gasteiger partial charge in [0.2, 0.25) is 5.78 Å². The summed E-state index contributed by atoms with van der Waals surface area (Å²) < 4.78 is 18.7. The molecular weight excluding hydrogens is 319 g/mol. The quantitative estimate of drug-likeness (QED) is 0.436. The maximum Gasteiger partial charge on any atom is 0.205 e. The van der Waals surface area contributed by atoms with Gasteiger partial charge in [-0.3, -0.25) is 4.79 Å². The lowest BCUT2D eigenvalue weighted by Crippen LogP contribution is -2.03. The molecule has 0 spiro atoms. The first-order valence-corrected chi connectivity index (χ1v) is 7.62. The van der Waals surface area contributed by atoms with E-state index in [2.05, 4.69) is 4.98 Å². The number of hydrogen-bond donors (Lipinski definition) is 1. The number of allylic oxidation sites excluding steroid dienone is 1. The molecule has 0 atom stereocenters. The topological polar surface area (TPSA) is 65.9 Å². The number of nitrogens with one attached hydrogen (secondary N) is 1. The molecule has 3 aromatic rings. The molecule has 0 saturated carbocycles. The number of Topliss-reactive ketones (excluding diaryl/α,β-unsaturated/α-hetero) is 1. The van der Waals surface area contributed by atoms with Crippen LogP contribution in [0.15, 0.2) is 48.0 Å². The normalized spacial score (nSPS) is 11.4. The summed E-state index contributed by atoms with van der Waals surface area (Å²) in [6.07, 6.45) is 1.38. The molecule has 0 bridgehead atoms. The molecule has 5 heteroatoms. The fraction of sp³-hybridized carbons (Fsp3) is 0.100. The summed E-state index contributed by atoms with van der Waals surface area (Å²) in [7, 11) is 1.37. The minimum atomic E-state index is -0.552. The molecule has 0 unspecified atom stereocenters. The Morgan fingerprint density at radius 1 is 1.28 bits per heavy atom. The molecule has 1 heterocycles. The summed E-state index contributed by atoms with van der Waals surface area (Å²) in [4.78, 5) is 16.0. The zero-order valence-corrected chi connectivity index (χ0v) is 13.8. The summed E-state index contributed by atoms with van der Waals surface area (Å²) in [5.74, 6) is -0.840. The Kier molecular flexibility index (Phi) is 4.36. The van der Waals surface area contributed by atoms with Crippen molar-refractivity contribution >= 4 is 22.8 Å². The summed E-state index contributed by atoms with van der Waals surface area (Å²) in [5.41, 5.74) is 2.33. The van der Waals surface area contributed by atoms with Crippen LogP contribution in [0.25, 0.3) is 17.0 Å². The van der Waals surface area contributed by atoms with Gasteiger partial charge in [0.05, 0.1) is 12.7 Å². The first-order chi connectivity index (χ1) is 12.0. The highest BCUT2D eigenvalue weighted by atomic mass is 19.1. The molecule has 124 valence electrons. The third-order valence-electron chi connectivity index (χ3n) is 3.97. The number of halogens is 1. The fourth-order valence-corrected chi connectivity index (χ4v) is 2.79. The lowest BCUT2D eigenvalue weighted by Gasteiger charge is -2.03. The Bertz CT molecular complexity index is 1040. The number of nitrogens with zero attached hydrogens (tertiary/aromatic N) is 1. The fourth-order valence-electron chi connectivity index (χ4n) is 2.79. The van der Waals surface area contributed by atoms with Gasteiger partial charge >= 0.3 is 0 Å². The number of ketones is 1. The minimum Gasteiger partial charge on any atom is -0.494 e. The van der Waals surface area contributed by atoms with Crippen molar-refractivity contribution in [3.8, 4) is 11.8 Å². The predicted molar refractivity (Wildman–Crippen MR) is 93.9 cm³/mol. The largest absolute Gasteiger partial charge is 0.494 e. The second-order valence-corrected chi connectivity index (χ2v) is 5.56. The number of methoxy groups -OCH3 is 1. The summed E-state index contributed by atoms with van der Waals surface area (Å²) in [5, 5.41) is 10.2. The molecule has 0 aliphatic carbocycles. The molecule has 0 fully saturated rings. The highest BCUT2D eigenvalue weighted by Crippen LogP contribution is 2.26. The van der Waals surface area contributed by atoms with Crippen molar-refractivity contribution < 1.29 is 13.9 Å². The molecule has 0 amide bonds. The van der Waals surface area contributed by atoms with Crippen LogP contribution in [0.5, 0.6) is 5.75 Å². The zero-order valence-electron chi connectivity index (χ0n) is 13.8. The van der Waals surface area contributed by atoms with Gasteiger partial charge in [-0.15, -0.1) is 0 Å². The van der Waals surface area contributed by atoms with Gasteiger partial charge in [-0.2, -0.15) is 5.26 Å². The lowest BCUT2D eigenvalue weighted by atomic mass is 9.99. The SMILES string of the molecule is COc1ccc(/C=C(\C#N)C(=O)c2c(C)[nH]c3ccccc23)cc1F. The van der Waals surface area contributed by atoms with E-state index in [-0.39, 0.29) is 11.3 Å². The number of fused-ring (bicyclic) bond motifs is 1. The monoisotopic (exact) mass is 334 g/mol. The minimum absolute atomic E-state index is 0.0579.